The van der Waals surface area contributed by atoms with Gasteiger partial charge in [0.2, 0.25) is 0 Å². The first kappa shape index (κ1) is 8.17. The summed E-state index contributed by atoms with van der Waals surface area (Å²) in [6.45, 7) is 0.0994. The molecule has 0 amide bonds. The Labute approximate surface area is 66.1 Å². The highest BCUT2D eigenvalue weighted by molar-refractivity contribution is 5.13. The minimum Gasteiger partial charge on any atom is -0.394 e. The van der Waals surface area contributed by atoms with E-state index in [9.17, 15) is 0 Å². The van der Waals surface area contributed by atoms with Crippen molar-refractivity contribution in [2.24, 2.45) is 0 Å². The first-order valence-electron chi connectivity index (χ1n) is 3.56. The first-order valence-corrected chi connectivity index (χ1v) is 3.56. The third-order valence-corrected chi connectivity index (χ3v) is 1.62. The Morgan fingerprint density at radius 2 is 2.55 bits per heavy atom. The van der Waals surface area contributed by atoms with E-state index >= 15 is 0 Å². The largest absolute Gasteiger partial charge is 0.394 e. The van der Waals surface area contributed by atoms with Crippen molar-refractivity contribution in [3.8, 4) is 0 Å². The lowest BCUT2D eigenvalue weighted by Crippen LogP contribution is -2.19. The molecule has 1 rings (SSSR count). The molecular formula is C8H12N2O. The van der Waals surface area contributed by atoms with Crippen LogP contribution in [0.1, 0.15) is 11.6 Å². The van der Waals surface area contributed by atoms with Gasteiger partial charge in [-0.25, -0.2) is 0 Å². The Kier molecular flexibility index (Phi) is 3.01. The van der Waals surface area contributed by atoms with Crippen LogP contribution in [0, 0.1) is 0 Å². The van der Waals surface area contributed by atoms with Gasteiger partial charge >= 0.3 is 0 Å². The summed E-state index contributed by atoms with van der Waals surface area (Å²) >= 11 is 0. The number of nitrogens with one attached hydrogen (secondary N) is 1. The van der Waals surface area contributed by atoms with E-state index < -0.39 is 0 Å². The van der Waals surface area contributed by atoms with E-state index in [1.165, 1.54) is 0 Å². The van der Waals surface area contributed by atoms with E-state index in [4.69, 9.17) is 5.11 Å². The third-order valence-electron chi connectivity index (χ3n) is 1.62. The second-order valence-corrected chi connectivity index (χ2v) is 2.31. The summed E-state index contributed by atoms with van der Waals surface area (Å²) in [5, 5.41) is 11.9. The molecule has 0 aliphatic carbocycles. The Morgan fingerprint density at radius 1 is 1.73 bits per heavy atom. The van der Waals surface area contributed by atoms with E-state index in [1.54, 1.807) is 12.4 Å². The van der Waals surface area contributed by atoms with Crippen molar-refractivity contribution >= 4 is 0 Å². The van der Waals surface area contributed by atoms with Gasteiger partial charge in [0, 0.05) is 12.4 Å². The third kappa shape index (κ3) is 2.00. The van der Waals surface area contributed by atoms with Gasteiger partial charge in [-0.3, -0.25) is 4.98 Å². The van der Waals surface area contributed by atoms with Gasteiger partial charge in [-0.05, 0) is 18.7 Å². The summed E-state index contributed by atoms with van der Waals surface area (Å²) in [6.07, 6.45) is 3.46. The predicted octanol–water partition coefficient (Wildman–Crippen LogP) is 0.334. The molecule has 0 aromatic carbocycles. The summed E-state index contributed by atoms with van der Waals surface area (Å²) in [7, 11) is 1.81. The van der Waals surface area contributed by atoms with Crippen LogP contribution in [0.4, 0.5) is 0 Å². The zero-order valence-electron chi connectivity index (χ0n) is 6.49. The molecule has 11 heavy (non-hydrogen) atoms. The highest BCUT2D eigenvalue weighted by Gasteiger charge is 2.05. The van der Waals surface area contributed by atoms with Crippen LogP contribution in [0.2, 0.25) is 0 Å². The molecule has 60 valence electrons. The Hall–Kier alpha value is -0.930. The molecule has 0 bridgehead atoms. The fraction of sp³-hybridized carbons (Fsp3) is 0.375. The fourth-order valence-electron chi connectivity index (χ4n) is 0.945. The van der Waals surface area contributed by atoms with E-state index in [0.29, 0.717) is 0 Å². The van der Waals surface area contributed by atoms with Crippen molar-refractivity contribution < 1.29 is 5.11 Å². The monoisotopic (exact) mass is 152 g/mol. The molecule has 0 saturated carbocycles. The van der Waals surface area contributed by atoms with Crippen molar-refractivity contribution in [3.63, 3.8) is 0 Å². The van der Waals surface area contributed by atoms with E-state index in [2.05, 4.69) is 10.3 Å². The quantitative estimate of drug-likeness (QED) is 0.656. The maximum atomic E-state index is 8.89. The molecule has 2 N–H and O–H groups in total. The smallest absolute Gasteiger partial charge is 0.0626 e. The van der Waals surface area contributed by atoms with E-state index in [-0.39, 0.29) is 12.6 Å². The van der Waals surface area contributed by atoms with Crippen molar-refractivity contribution in [2.45, 2.75) is 6.04 Å². The van der Waals surface area contributed by atoms with Gasteiger partial charge in [0.25, 0.3) is 0 Å². The molecule has 0 aliphatic heterocycles. The summed E-state index contributed by atoms with van der Waals surface area (Å²) in [5.41, 5.74) is 1.01. The Bertz CT molecular complexity index is 197. The van der Waals surface area contributed by atoms with Crippen LogP contribution in [0.3, 0.4) is 0 Å². The number of aliphatic hydroxyl groups excluding tert-OH is 1. The summed E-state index contributed by atoms with van der Waals surface area (Å²) in [5.74, 6) is 0. The van der Waals surface area contributed by atoms with Crippen molar-refractivity contribution in [1.82, 2.24) is 10.3 Å². The van der Waals surface area contributed by atoms with Gasteiger partial charge in [-0.2, -0.15) is 0 Å². The molecule has 0 radical (unpaired) electrons. The topological polar surface area (TPSA) is 45.1 Å². The molecule has 3 nitrogen and oxygen atoms in total. The number of rotatable bonds is 3. The molecule has 0 saturated heterocycles. The van der Waals surface area contributed by atoms with Crippen LogP contribution in [0.5, 0.6) is 0 Å². The molecule has 1 atom stereocenters. The lowest BCUT2D eigenvalue weighted by molar-refractivity contribution is 0.251. The maximum Gasteiger partial charge on any atom is 0.0626 e. The average Bonchev–Trinajstić information content (AvgIpc) is 2.09. The number of likely N-dealkylation sites (N-methyl/N-ethyl adjacent to an activating group) is 1. The minimum absolute atomic E-state index is 0.00343. The van der Waals surface area contributed by atoms with Crippen LogP contribution in [-0.4, -0.2) is 23.7 Å². The number of aliphatic hydroxyl groups is 1. The Balaban J connectivity index is 2.74. The molecule has 3 heteroatoms. The summed E-state index contributed by atoms with van der Waals surface area (Å²) in [6, 6.07) is 3.79. The molecule has 0 unspecified atom stereocenters. The van der Waals surface area contributed by atoms with Crippen molar-refractivity contribution in [3.05, 3.63) is 30.1 Å². The lowest BCUT2D eigenvalue weighted by Gasteiger charge is -2.11. The zero-order valence-corrected chi connectivity index (χ0v) is 6.49. The number of pyridine rings is 1. The van der Waals surface area contributed by atoms with Crippen LogP contribution >= 0.6 is 0 Å². The van der Waals surface area contributed by atoms with Gasteiger partial charge in [0.05, 0.1) is 12.6 Å². The molecule has 0 aliphatic rings. The number of nitrogens with zero attached hydrogens (tertiary/aromatic N) is 1. The summed E-state index contributed by atoms with van der Waals surface area (Å²) < 4.78 is 0. The molecule has 1 heterocycles. The molecule has 0 spiro atoms. The maximum absolute atomic E-state index is 8.89. The predicted molar refractivity (Wildman–Crippen MR) is 43.1 cm³/mol. The van der Waals surface area contributed by atoms with Crippen molar-refractivity contribution in [2.75, 3.05) is 13.7 Å². The van der Waals surface area contributed by atoms with Gasteiger partial charge < -0.3 is 10.4 Å². The number of hydrogen-bond donors (Lipinski definition) is 2. The van der Waals surface area contributed by atoms with E-state index in [1.807, 2.05) is 19.2 Å². The molecule has 1 aromatic heterocycles. The van der Waals surface area contributed by atoms with Crippen LogP contribution < -0.4 is 5.32 Å². The number of aromatic nitrogens is 1. The summed E-state index contributed by atoms with van der Waals surface area (Å²) in [4.78, 5) is 3.95. The average molecular weight is 152 g/mol. The molecular weight excluding hydrogens is 140 g/mol. The fourth-order valence-corrected chi connectivity index (χ4v) is 0.945. The van der Waals surface area contributed by atoms with Gasteiger partial charge in [0.1, 0.15) is 0 Å². The lowest BCUT2D eigenvalue weighted by atomic mass is 10.1. The highest BCUT2D eigenvalue weighted by Crippen LogP contribution is 2.08. The number of hydrogen-bond acceptors (Lipinski definition) is 3. The highest BCUT2D eigenvalue weighted by atomic mass is 16.3. The molecule has 0 fully saturated rings. The van der Waals surface area contributed by atoms with Crippen molar-refractivity contribution in [1.29, 1.82) is 0 Å². The van der Waals surface area contributed by atoms with Crippen LogP contribution in [0.15, 0.2) is 24.5 Å². The standard InChI is InChI=1S/C8H12N2O/c1-9-8(6-11)7-3-2-4-10-5-7/h2-5,8-9,11H,6H2,1H3/t8-/m0/s1. The van der Waals surface area contributed by atoms with Gasteiger partial charge in [-0.1, -0.05) is 6.07 Å². The second-order valence-electron chi connectivity index (χ2n) is 2.31. The SMILES string of the molecule is CN[C@@H](CO)c1cccnc1. The zero-order chi connectivity index (χ0) is 8.10. The second kappa shape index (κ2) is 4.05. The van der Waals surface area contributed by atoms with Gasteiger partial charge in [0.15, 0.2) is 0 Å². The van der Waals surface area contributed by atoms with Crippen LogP contribution in [-0.2, 0) is 0 Å². The normalized spacial score (nSPS) is 12.9. The Morgan fingerprint density at radius 3 is 3.00 bits per heavy atom. The molecule has 1 aromatic rings. The van der Waals surface area contributed by atoms with Crippen LogP contribution in [0.25, 0.3) is 0 Å². The first-order chi connectivity index (χ1) is 5.38. The van der Waals surface area contributed by atoms with E-state index in [0.717, 1.165) is 5.56 Å². The van der Waals surface area contributed by atoms with Gasteiger partial charge in [-0.15, -0.1) is 0 Å². The minimum atomic E-state index is 0.00343.